The number of aryl methyl sites for hydroxylation is 1. The number of aliphatic hydroxyl groups excluding tert-OH is 2. The minimum Gasteiger partial charge on any atom is -0.393 e. The van der Waals surface area contributed by atoms with E-state index in [-0.39, 0.29) is 61.7 Å². The molecule has 4 aromatic carbocycles. The Kier molecular flexibility index (Phi) is 21.4. The Morgan fingerprint density at radius 1 is 0.741 bits per heavy atom. The topological polar surface area (TPSA) is 208 Å². The summed E-state index contributed by atoms with van der Waals surface area (Å²) in [6, 6.07) is 35.3. The van der Waals surface area contributed by atoms with Crippen LogP contribution in [0.1, 0.15) is 152 Å². The van der Waals surface area contributed by atoms with Gasteiger partial charge in [-0.15, -0.1) is 11.3 Å². The molecular weight excluding hydrogens is 1080 g/mol. The fourth-order valence-corrected chi connectivity index (χ4v) is 12.7. The summed E-state index contributed by atoms with van der Waals surface area (Å²) in [4.78, 5) is 65.5. The lowest BCUT2D eigenvalue weighted by molar-refractivity contribution is -0.144. The van der Waals surface area contributed by atoms with Crippen LogP contribution in [0, 0.1) is 29.6 Å². The minimum absolute atomic E-state index is 0.0205. The standard InChI is InChI=1S/C69H83N9O6S/c1-47-63(85-46-74-47)53-33-31-49(32-34-53)42-72-67(83)57-41-56(80)44-76(57)68(84)64(69(2,3)4)75-59(82)30-19-8-6-5-7-18-29-58(81)71-39-20-10-9-13-22-48-23-21-24-50(40-48)43-77-62(52-27-16-12-17-28-52)60(51-25-14-11-15-26-51)61-65(70)78(45-73-66(61)77)54-35-37-55(79)38-36-54/h11-12,14-17,21,23-28,31-34,40,45-46,54-57,64,70,79-80H,5-10,18-20,29-30,35-39,41-44H2,1-4H3,(H,71,81)(H,72,83)(H,75,82)/t54?,55?,56-,57+,64-/m1/s1. The summed E-state index contributed by atoms with van der Waals surface area (Å²) in [6.07, 6.45) is 12.2. The summed E-state index contributed by atoms with van der Waals surface area (Å²) >= 11 is 1.58. The summed E-state index contributed by atoms with van der Waals surface area (Å²) in [5, 5.41) is 40.4. The van der Waals surface area contributed by atoms with E-state index < -0.39 is 23.6 Å². The molecule has 0 radical (unpaired) electrons. The molecule has 16 heteroatoms. The van der Waals surface area contributed by atoms with E-state index in [9.17, 15) is 34.8 Å². The SMILES string of the molecule is Cc1ncsc1-c1ccc(CNC(=O)[C@@H]2C[C@@H](O)CN2C(=O)[C@@H](NC(=O)CCCCCCCCC(=O)NCCCCC#Cc2cccc(Cn3c(-c4ccccc4)c(-c4ccccc4)c4c(=N)n(C5CCC(O)CC5)cnc43)c2)C(C)(C)C)cc1. The van der Waals surface area contributed by atoms with Crippen LogP contribution >= 0.6 is 11.3 Å². The molecule has 15 nitrogen and oxygen atoms in total. The van der Waals surface area contributed by atoms with Crippen molar-refractivity contribution < 1.29 is 29.4 Å². The average Bonchev–Trinajstić information content (AvgIpc) is 1.77. The average molecular weight is 1170 g/mol. The number of benzene rings is 4. The number of hydrogen-bond acceptors (Lipinski definition) is 10. The van der Waals surface area contributed by atoms with Crippen molar-refractivity contribution in [1.82, 2.24) is 40.0 Å². The number of aromatic nitrogens is 4. The van der Waals surface area contributed by atoms with Crippen molar-refractivity contribution in [2.75, 3.05) is 13.1 Å². The molecule has 0 bridgehead atoms. The number of rotatable bonds is 24. The molecule has 3 aromatic heterocycles. The van der Waals surface area contributed by atoms with Crippen molar-refractivity contribution in [2.24, 2.45) is 5.41 Å². The van der Waals surface area contributed by atoms with Gasteiger partial charge < -0.3 is 40.2 Å². The van der Waals surface area contributed by atoms with Crippen molar-refractivity contribution in [3.8, 4) is 44.7 Å². The Morgan fingerprint density at radius 3 is 2.11 bits per heavy atom. The maximum atomic E-state index is 14.1. The van der Waals surface area contributed by atoms with E-state index in [2.05, 4.69) is 73.7 Å². The zero-order chi connectivity index (χ0) is 59.9. The number of nitrogens with zero attached hydrogens (tertiary/aromatic N) is 5. The zero-order valence-corrected chi connectivity index (χ0v) is 50.6. The number of fused-ring (bicyclic) bond motifs is 1. The molecule has 4 heterocycles. The molecule has 3 atom stereocenters. The van der Waals surface area contributed by atoms with E-state index in [0.29, 0.717) is 37.8 Å². The van der Waals surface area contributed by atoms with Gasteiger partial charge in [-0.1, -0.05) is 155 Å². The highest BCUT2D eigenvalue weighted by Crippen LogP contribution is 2.40. The second-order valence-electron chi connectivity index (χ2n) is 24.1. The number of thiazole rings is 1. The van der Waals surface area contributed by atoms with E-state index in [1.807, 2.05) is 117 Å². The fraction of sp³-hybridized carbons (Fsp3) is 0.435. The Balaban J connectivity index is 0.675. The van der Waals surface area contributed by atoms with Gasteiger partial charge in [0.25, 0.3) is 0 Å². The van der Waals surface area contributed by atoms with Gasteiger partial charge in [0.1, 0.15) is 23.2 Å². The normalized spacial score (nSPS) is 17.3. The summed E-state index contributed by atoms with van der Waals surface area (Å²) in [7, 11) is 0. The maximum absolute atomic E-state index is 14.1. The first-order valence-electron chi connectivity index (χ1n) is 30.5. The van der Waals surface area contributed by atoms with E-state index in [0.717, 1.165) is 137 Å². The molecule has 1 saturated carbocycles. The van der Waals surface area contributed by atoms with Crippen LogP contribution in [0.4, 0.5) is 0 Å². The van der Waals surface area contributed by atoms with Crippen LogP contribution in [0.15, 0.2) is 121 Å². The lowest BCUT2D eigenvalue weighted by atomic mass is 9.85. The predicted molar refractivity (Wildman–Crippen MR) is 336 cm³/mol. The Hall–Kier alpha value is -7.71. The van der Waals surface area contributed by atoms with E-state index in [1.165, 1.54) is 4.90 Å². The number of carbonyl (C=O) groups excluding carboxylic acids is 4. The Morgan fingerprint density at radius 2 is 1.42 bits per heavy atom. The van der Waals surface area contributed by atoms with Gasteiger partial charge in [0.2, 0.25) is 23.6 Å². The van der Waals surface area contributed by atoms with Crippen LogP contribution in [-0.4, -0.2) is 95.2 Å². The Labute approximate surface area is 504 Å². The summed E-state index contributed by atoms with van der Waals surface area (Å²) in [6.45, 7) is 9.08. The van der Waals surface area contributed by atoms with E-state index in [1.54, 1.807) is 11.3 Å². The highest BCUT2D eigenvalue weighted by Gasteiger charge is 2.44. The third-order valence-corrected chi connectivity index (χ3v) is 17.5. The first-order chi connectivity index (χ1) is 41.1. The van der Waals surface area contributed by atoms with Gasteiger partial charge in [-0.2, -0.15) is 0 Å². The first kappa shape index (κ1) is 61.8. The molecule has 6 N–H and O–H groups in total. The predicted octanol–water partition coefficient (Wildman–Crippen LogP) is 11.2. The molecular formula is C69H83N9O6S. The van der Waals surface area contributed by atoms with Crippen LogP contribution in [0.3, 0.4) is 0 Å². The number of amides is 4. The van der Waals surface area contributed by atoms with Crippen molar-refractivity contribution >= 4 is 46.0 Å². The number of β-amino-alcohol motifs (C(OH)–C–C–N with tert-alkyl or cyclic N) is 1. The van der Waals surface area contributed by atoms with Gasteiger partial charge in [0.05, 0.1) is 45.7 Å². The fourth-order valence-electron chi connectivity index (χ4n) is 11.9. The summed E-state index contributed by atoms with van der Waals surface area (Å²) < 4.78 is 4.26. The van der Waals surface area contributed by atoms with Gasteiger partial charge in [-0.3, -0.25) is 24.6 Å². The molecule has 2 fully saturated rings. The summed E-state index contributed by atoms with van der Waals surface area (Å²) in [5.41, 5.74) is 11.4. The third kappa shape index (κ3) is 16.2. The first-order valence-corrected chi connectivity index (χ1v) is 31.4. The molecule has 1 saturated heterocycles. The largest absolute Gasteiger partial charge is 0.393 e. The molecule has 446 valence electrons. The number of likely N-dealkylation sites (tertiary alicyclic amines) is 1. The van der Waals surface area contributed by atoms with Crippen LogP contribution < -0.4 is 21.4 Å². The zero-order valence-electron chi connectivity index (χ0n) is 49.7. The minimum atomic E-state index is -0.871. The molecule has 1 aliphatic heterocycles. The molecule has 4 amide bonds. The highest BCUT2D eigenvalue weighted by atomic mass is 32.1. The maximum Gasteiger partial charge on any atom is 0.246 e. The lowest BCUT2D eigenvalue weighted by Gasteiger charge is -2.35. The molecule has 7 aromatic rings. The quantitative estimate of drug-likeness (QED) is 0.0253. The second-order valence-corrected chi connectivity index (χ2v) is 24.9. The van der Waals surface area contributed by atoms with Gasteiger partial charge in [0, 0.05) is 69.0 Å². The second kappa shape index (κ2) is 29.4. The van der Waals surface area contributed by atoms with E-state index in [4.69, 9.17) is 4.98 Å². The van der Waals surface area contributed by atoms with Crippen LogP contribution in [0.25, 0.3) is 43.9 Å². The van der Waals surface area contributed by atoms with Crippen LogP contribution in [-0.2, 0) is 32.3 Å². The smallest absolute Gasteiger partial charge is 0.246 e. The number of unbranched alkanes of at least 4 members (excludes halogenated alkanes) is 7. The molecule has 2 aliphatic rings. The lowest BCUT2D eigenvalue weighted by Crippen LogP contribution is -2.57. The number of aliphatic hydroxyl groups is 2. The monoisotopic (exact) mass is 1170 g/mol. The molecule has 85 heavy (non-hydrogen) atoms. The molecule has 9 rings (SSSR count). The third-order valence-electron chi connectivity index (χ3n) is 16.5. The van der Waals surface area contributed by atoms with Gasteiger partial charge >= 0.3 is 0 Å². The molecule has 0 unspecified atom stereocenters. The number of carbonyl (C=O) groups is 4. The molecule has 0 spiro atoms. The van der Waals surface area contributed by atoms with Crippen molar-refractivity contribution in [2.45, 2.75) is 174 Å². The van der Waals surface area contributed by atoms with Gasteiger partial charge in [0.15, 0.2) is 0 Å². The van der Waals surface area contributed by atoms with Crippen LogP contribution in [0.5, 0.6) is 0 Å². The Bertz CT molecular complexity index is 3510. The highest BCUT2D eigenvalue weighted by molar-refractivity contribution is 7.13. The molecule has 1 aliphatic carbocycles. The van der Waals surface area contributed by atoms with Crippen molar-refractivity contribution in [3.63, 3.8) is 0 Å². The van der Waals surface area contributed by atoms with E-state index >= 15 is 0 Å². The van der Waals surface area contributed by atoms with Crippen molar-refractivity contribution in [1.29, 1.82) is 5.41 Å². The van der Waals surface area contributed by atoms with Gasteiger partial charge in [-0.25, -0.2) is 9.97 Å². The van der Waals surface area contributed by atoms with Crippen LogP contribution in [0.2, 0.25) is 0 Å². The summed E-state index contributed by atoms with van der Waals surface area (Å²) in [5.74, 6) is 5.85. The number of hydrogen-bond donors (Lipinski definition) is 6. The van der Waals surface area contributed by atoms with Gasteiger partial charge in [-0.05, 0) is 104 Å². The van der Waals surface area contributed by atoms with Crippen molar-refractivity contribution in [3.05, 3.63) is 149 Å². The number of nitrogens with one attached hydrogen (secondary N) is 4.